The number of benzene rings is 3. The fraction of sp³-hybridized carbons (Fsp3) is 0.259. The minimum absolute atomic E-state index is 0. The van der Waals surface area contributed by atoms with Gasteiger partial charge in [-0.05, 0) is 55.6 Å². The van der Waals surface area contributed by atoms with Crippen LogP contribution in [-0.2, 0) is 10.0 Å². The second-order valence-electron chi connectivity index (χ2n) is 8.55. The number of carbonyl (C=O) groups is 1. The molecule has 0 radical (unpaired) electrons. The highest BCUT2D eigenvalue weighted by Crippen LogP contribution is 2.32. The van der Waals surface area contributed by atoms with E-state index in [1.54, 1.807) is 30.3 Å². The Labute approximate surface area is 237 Å². The van der Waals surface area contributed by atoms with Crippen LogP contribution < -0.4 is 9.21 Å². The molecule has 12 heteroatoms. The van der Waals surface area contributed by atoms with Crippen molar-refractivity contribution in [2.45, 2.75) is 18.7 Å². The number of rotatable bonds is 10. The molecule has 208 valence electrons. The number of carbonyl (C=O) groups excluding carboxylic acids is 1. The summed E-state index contributed by atoms with van der Waals surface area (Å²) in [5.74, 6) is -1.93. The second kappa shape index (κ2) is 12.8. The average molecular weight is 595 g/mol. The third-order valence-electron chi connectivity index (χ3n) is 6.29. The third-order valence-corrected chi connectivity index (χ3v) is 9.12. The van der Waals surface area contributed by atoms with Gasteiger partial charge in [0.25, 0.3) is 15.9 Å². The van der Waals surface area contributed by atoms with Crippen LogP contribution in [0.2, 0.25) is 0 Å². The highest BCUT2D eigenvalue weighted by molar-refractivity contribution is 7.92. The van der Waals surface area contributed by atoms with Gasteiger partial charge in [0.2, 0.25) is 0 Å². The van der Waals surface area contributed by atoms with E-state index >= 15 is 0 Å². The number of thiazole rings is 1. The predicted octanol–water partition coefficient (Wildman–Crippen LogP) is 5.81. The van der Waals surface area contributed by atoms with Gasteiger partial charge in [-0.2, -0.15) is 0 Å². The van der Waals surface area contributed by atoms with Crippen molar-refractivity contribution >= 4 is 60.7 Å². The van der Waals surface area contributed by atoms with Crippen LogP contribution in [-0.4, -0.2) is 57.4 Å². The number of nitrogens with zero attached hydrogens (tertiary/aromatic N) is 4. The number of halogens is 3. The van der Waals surface area contributed by atoms with Gasteiger partial charge >= 0.3 is 0 Å². The van der Waals surface area contributed by atoms with E-state index < -0.39 is 27.6 Å². The monoisotopic (exact) mass is 594 g/mol. The molecule has 0 N–H and O–H groups in total. The van der Waals surface area contributed by atoms with Crippen LogP contribution in [0.25, 0.3) is 10.2 Å². The number of aromatic nitrogens is 1. The lowest BCUT2D eigenvalue weighted by Crippen LogP contribution is -2.38. The quantitative estimate of drug-likeness (QED) is 0.232. The van der Waals surface area contributed by atoms with E-state index in [1.165, 1.54) is 46.6 Å². The third kappa shape index (κ3) is 6.55. The largest absolute Gasteiger partial charge is 0.302 e. The summed E-state index contributed by atoms with van der Waals surface area (Å²) < 4.78 is 55.8. The Balaban J connectivity index is 0.00000420. The summed E-state index contributed by atoms with van der Waals surface area (Å²) in [6, 6.07) is 16.3. The normalized spacial score (nSPS) is 11.4. The molecule has 0 aliphatic heterocycles. The molecule has 0 unspecified atom stereocenters. The number of hydrogen-bond acceptors (Lipinski definition) is 6. The molecule has 1 heterocycles. The zero-order valence-corrected chi connectivity index (χ0v) is 24.1. The molecule has 1 amide bonds. The lowest BCUT2D eigenvalue weighted by molar-refractivity contribution is 0.0983. The van der Waals surface area contributed by atoms with Gasteiger partial charge in [0, 0.05) is 31.8 Å². The summed E-state index contributed by atoms with van der Waals surface area (Å²) in [6.07, 6.45) is 0. The molecular formula is C27H29ClF2N4O3S2. The van der Waals surface area contributed by atoms with Gasteiger partial charge in [0.15, 0.2) is 10.9 Å². The summed E-state index contributed by atoms with van der Waals surface area (Å²) in [4.78, 5) is 21.5. The smallest absolute Gasteiger partial charge is 0.264 e. The molecule has 0 saturated heterocycles. The molecule has 0 fully saturated rings. The summed E-state index contributed by atoms with van der Waals surface area (Å²) in [5.41, 5.74) is 0.754. The van der Waals surface area contributed by atoms with Crippen LogP contribution in [0.15, 0.2) is 71.6 Å². The molecule has 0 bridgehead atoms. The van der Waals surface area contributed by atoms with Crippen LogP contribution in [0.1, 0.15) is 24.2 Å². The minimum Gasteiger partial charge on any atom is -0.302 e. The van der Waals surface area contributed by atoms with Crippen molar-refractivity contribution in [2.24, 2.45) is 0 Å². The molecule has 0 saturated carbocycles. The van der Waals surface area contributed by atoms with Gasteiger partial charge in [-0.15, -0.1) is 12.4 Å². The number of para-hydroxylation sites is 1. The standard InChI is InChI=1S/C27H28F2N4O3S2.ClH/c1-4-32(5-2)15-16-33(27-30-25-23(29)17-20(28)18-24(25)37-27)26(34)19-11-13-22(14-12-19)38(35,36)31(3)21-9-7-6-8-10-21;/h6-14,17-18H,4-5,15-16H2,1-3H3;1H. The topological polar surface area (TPSA) is 73.8 Å². The number of amides is 1. The van der Waals surface area contributed by atoms with Crippen molar-refractivity contribution in [3.63, 3.8) is 0 Å². The SMILES string of the molecule is CCN(CC)CCN(C(=O)c1ccc(S(=O)(=O)N(C)c2ccccc2)cc1)c1nc2c(F)cc(F)cc2s1.Cl. The van der Waals surface area contributed by atoms with Crippen LogP contribution in [0.3, 0.4) is 0 Å². The summed E-state index contributed by atoms with van der Waals surface area (Å²) in [6.45, 7) is 6.38. The van der Waals surface area contributed by atoms with E-state index in [9.17, 15) is 22.0 Å². The van der Waals surface area contributed by atoms with Gasteiger partial charge in [0.05, 0.1) is 15.3 Å². The maximum absolute atomic E-state index is 14.3. The van der Waals surface area contributed by atoms with Gasteiger partial charge < -0.3 is 4.90 Å². The summed E-state index contributed by atoms with van der Waals surface area (Å²) >= 11 is 1.03. The van der Waals surface area contributed by atoms with Crippen molar-refractivity contribution in [2.75, 3.05) is 42.4 Å². The Kier molecular flexibility index (Phi) is 10.0. The maximum atomic E-state index is 14.3. The highest BCUT2D eigenvalue weighted by Gasteiger charge is 2.25. The number of likely N-dealkylation sites (N-methyl/N-ethyl adjacent to an activating group) is 1. The predicted molar refractivity (Wildman–Crippen MR) is 155 cm³/mol. The molecule has 0 atom stereocenters. The van der Waals surface area contributed by atoms with Gasteiger partial charge in [-0.1, -0.05) is 43.4 Å². The van der Waals surface area contributed by atoms with E-state index in [-0.39, 0.29) is 40.1 Å². The Bertz CT molecular complexity index is 1530. The van der Waals surface area contributed by atoms with Gasteiger partial charge in [0.1, 0.15) is 11.3 Å². The lowest BCUT2D eigenvalue weighted by atomic mass is 10.2. The van der Waals surface area contributed by atoms with Crippen LogP contribution in [0, 0.1) is 11.6 Å². The Morgan fingerprint density at radius 2 is 1.59 bits per heavy atom. The van der Waals surface area contributed by atoms with Crippen LogP contribution >= 0.6 is 23.7 Å². The van der Waals surface area contributed by atoms with Crippen LogP contribution in [0.4, 0.5) is 19.6 Å². The molecule has 39 heavy (non-hydrogen) atoms. The molecule has 0 aliphatic carbocycles. The van der Waals surface area contributed by atoms with Crippen molar-refractivity contribution in [1.82, 2.24) is 9.88 Å². The first-order chi connectivity index (χ1) is 18.1. The van der Waals surface area contributed by atoms with E-state index in [2.05, 4.69) is 9.88 Å². The highest BCUT2D eigenvalue weighted by atomic mass is 35.5. The molecule has 4 rings (SSSR count). The first-order valence-electron chi connectivity index (χ1n) is 12.1. The van der Waals surface area contributed by atoms with E-state index in [0.29, 0.717) is 16.9 Å². The summed E-state index contributed by atoms with van der Waals surface area (Å²) in [7, 11) is -2.38. The fourth-order valence-electron chi connectivity index (χ4n) is 3.99. The van der Waals surface area contributed by atoms with Crippen molar-refractivity contribution in [3.8, 4) is 0 Å². The van der Waals surface area contributed by atoms with Gasteiger partial charge in [-0.25, -0.2) is 22.2 Å². The van der Waals surface area contributed by atoms with Crippen molar-refractivity contribution in [1.29, 1.82) is 0 Å². The van der Waals surface area contributed by atoms with Crippen molar-refractivity contribution in [3.05, 3.63) is 83.9 Å². The van der Waals surface area contributed by atoms with E-state index in [4.69, 9.17) is 0 Å². The van der Waals surface area contributed by atoms with Crippen molar-refractivity contribution < 1.29 is 22.0 Å². The molecule has 3 aromatic carbocycles. The first-order valence-corrected chi connectivity index (χ1v) is 14.3. The average Bonchev–Trinajstić information content (AvgIpc) is 3.35. The molecule has 0 aliphatic rings. The number of fused-ring (bicyclic) bond motifs is 1. The lowest BCUT2D eigenvalue weighted by Gasteiger charge is -2.25. The maximum Gasteiger partial charge on any atom is 0.264 e. The van der Waals surface area contributed by atoms with Gasteiger partial charge in [-0.3, -0.25) is 14.0 Å². The second-order valence-corrected chi connectivity index (χ2v) is 11.5. The van der Waals surface area contributed by atoms with E-state index in [0.717, 1.165) is 30.5 Å². The zero-order valence-electron chi connectivity index (χ0n) is 21.7. The number of hydrogen-bond donors (Lipinski definition) is 0. The molecule has 4 aromatic rings. The molecular weight excluding hydrogens is 566 g/mol. The number of anilines is 2. The number of sulfonamides is 1. The molecule has 1 aromatic heterocycles. The zero-order chi connectivity index (χ0) is 27.4. The van der Waals surface area contributed by atoms with E-state index in [1.807, 2.05) is 13.8 Å². The fourth-order valence-corrected chi connectivity index (χ4v) is 6.21. The first kappa shape index (κ1) is 30.4. The Hall–Kier alpha value is -3.12. The minimum atomic E-state index is -3.85. The Morgan fingerprint density at radius 3 is 2.21 bits per heavy atom. The summed E-state index contributed by atoms with van der Waals surface area (Å²) in [5, 5.41) is 0.238. The molecule has 0 spiro atoms. The molecule has 7 nitrogen and oxygen atoms in total. The van der Waals surface area contributed by atoms with Crippen LogP contribution in [0.5, 0.6) is 0 Å². The Morgan fingerprint density at radius 1 is 0.949 bits per heavy atom.